The first-order valence-corrected chi connectivity index (χ1v) is 9.99. The summed E-state index contributed by atoms with van der Waals surface area (Å²) in [7, 11) is 0. The molecule has 1 aromatic carbocycles. The summed E-state index contributed by atoms with van der Waals surface area (Å²) in [6.07, 6.45) is 6.91. The predicted molar refractivity (Wildman–Crippen MR) is 105 cm³/mol. The Morgan fingerprint density at radius 3 is 2.70 bits per heavy atom. The number of benzene rings is 1. The van der Waals surface area contributed by atoms with Gasteiger partial charge in [0.1, 0.15) is 0 Å². The minimum atomic E-state index is -0.220. The summed E-state index contributed by atoms with van der Waals surface area (Å²) in [6.45, 7) is 3.31. The fourth-order valence-corrected chi connectivity index (χ4v) is 3.30. The second-order valence-corrected chi connectivity index (χ2v) is 7.71. The Labute approximate surface area is 160 Å². The van der Waals surface area contributed by atoms with Crippen LogP contribution < -0.4 is 10.6 Å². The second-order valence-electron chi connectivity index (χ2n) is 7.71. The van der Waals surface area contributed by atoms with Gasteiger partial charge in [0.05, 0.1) is 6.54 Å². The van der Waals surface area contributed by atoms with E-state index in [9.17, 15) is 14.4 Å². The minimum absolute atomic E-state index is 0.0507. The van der Waals surface area contributed by atoms with Gasteiger partial charge in [-0.1, -0.05) is 18.9 Å². The number of aryl methyl sites for hydroxylation is 1. The molecule has 3 amide bonds. The summed E-state index contributed by atoms with van der Waals surface area (Å²) in [6, 6.07) is 5.32. The van der Waals surface area contributed by atoms with Gasteiger partial charge in [0.2, 0.25) is 11.8 Å². The van der Waals surface area contributed by atoms with Gasteiger partial charge in [0, 0.05) is 30.8 Å². The third kappa shape index (κ3) is 5.81. The summed E-state index contributed by atoms with van der Waals surface area (Å²) in [5.74, 6) is 0.336. The van der Waals surface area contributed by atoms with Crippen LogP contribution in [0.15, 0.2) is 18.2 Å². The maximum absolute atomic E-state index is 12.5. The quantitative estimate of drug-likeness (QED) is 0.807. The highest BCUT2D eigenvalue weighted by Gasteiger charge is 2.22. The minimum Gasteiger partial charge on any atom is -0.352 e. The van der Waals surface area contributed by atoms with Gasteiger partial charge in [-0.2, -0.15) is 0 Å². The highest BCUT2D eigenvalue weighted by Crippen LogP contribution is 2.27. The highest BCUT2D eigenvalue weighted by molar-refractivity contribution is 5.99. The average Bonchev–Trinajstić information content (AvgIpc) is 3.46. The molecule has 0 atom stereocenters. The highest BCUT2D eigenvalue weighted by atomic mass is 16.2. The summed E-state index contributed by atoms with van der Waals surface area (Å²) in [5, 5.41) is 5.81. The van der Waals surface area contributed by atoms with Crippen LogP contribution >= 0.6 is 0 Å². The van der Waals surface area contributed by atoms with E-state index in [-0.39, 0.29) is 24.3 Å². The van der Waals surface area contributed by atoms with Gasteiger partial charge >= 0.3 is 0 Å². The van der Waals surface area contributed by atoms with Crippen molar-refractivity contribution in [2.24, 2.45) is 5.92 Å². The fourth-order valence-electron chi connectivity index (χ4n) is 3.30. The van der Waals surface area contributed by atoms with Crippen molar-refractivity contribution in [1.82, 2.24) is 10.2 Å². The lowest BCUT2D eigenvalue weighted by atomic mass is 10.1. The maximum atomic E-state index is 12.5. The van der Waals surface area contributed by atoms with Crippen LogP contribution in [0.2, 0.25) is 0 Å². The number of rotatable bonds is 6. The summed E-state index contributed by atoms with van der Waals surface area (Å²) in [5.41, 5.74) is 2.05. The van der Waals surface area contributed by atoms with Crippen molar-refractivity contribution in [3.05, 3.63) is 29.3 Å². The van der Waals surface area contributed by atoms with Crippen molar-refractivity contribution in [1.29, 1.82) is 0 Å². The van der Waals surface area contributed by atoms with Crippen LogP contribution in [0.4, 0.5) is 5.69 Å². The molecule has 146 valence electrons. The molecule has 3 rings (SSSR count). The van der Waals surface area contributed by atoms with E-state index in [4.69, 9.17) is 0 Å². The molecule has 0 unspecified atom stereocenters. The Balaban J connectivity index is 1.59. The van der Waals surface area contributed by atoms with Crippen LogP contribution in [0.3, 0.4) is 0 Å². The lowest BCUT2D eigenvalue weighted by molar-refractivity contribution is -0.135. The molecule has 1 heterocycles. The number of nitrogens with zero attached hydrogens (tertiary/aromatic N) is 1. The van der Waals surface area contributed by atoms with Crippen LogP contribution in [0.25, 0.3) is 0 Å². The van der Waals surface area contributed by atoms with E-state index in [2.05, 4.69) is 10.6 Å². The molecule has 0 aromatic heterocycles. The molecule has 6 nitrogen and oxygen atoms in total. The molecule has 1 saturated carbocycles. The molecule has 1 aliphatic carbocycles. The first-order valence-electron chi connectivity index (χ1n) is 9.99. The van der Waals surface area contributed by atoms with Crippen LogP contribution in [-0.4, -0.2) is 42.3 Å². The molecular weight excluding hydrogens is 342 g/mol. The van der Waals surface area contributed by atoms with Crippen molar-refractivity contribution in [3.8, 4) is 0 Å². The van der Waals surface area contributed by atoms with Crippen molar-refractivity contribution < 1.29 is 14.4 Å². The van der Waals surface area contributed by atoms with Crippen molar-refractivity contribution in [2.75, 3.05) is 25.0 Å². The lowest BCUT2D eigenvalue weighted by Gasteiger charge is -2.24. The van der Waals surface area contributed by atoms with Gasteiger partial charge in [0.15, 0.2) is 0 Å². The average molecular weight is 371 g/mol. The Bertz CT molecular complexity index is 713. The topological polar surface area (TPSA) is 78.5 Å². The number of anilines is 1. The van der Waals surface area contributed by atoms with Gasteiger partial charge in [-0.3, -0.25) is 14.4 Å². The van der Waals surface area contributed by atoms with E-state index in [0.29, 0.717) is 36.7 Å². The predicted octanol–water partition coefficient (Wildman–Crippen LogP) is 2.87. The third-order valence-corrected chi connectivity index (χ3v) is 5.28. The summed E-state index contributed by atoms with van der Waals surface area (Å²) < 4.78 is 0. The number of likely N-dealkylation sites (tertiary alicyclic amines) is 1. The zero-order valence-electron chi connectivity index (χ0n) is 16.1. The van der Waals surface area contributed by atoms with Crippen molar-refractivity contribution in [2.45, 2.75) is 51.9 Å². The van der Waals surface area contributed by atoms with Crippen LogP contribution in [0, 0.1) is 12.8 Å². The molecule has 2 aliphatic rings. The molecule has 0 radical (unpaired) electrons. The molecular formula is C21H29N3O3. The molecule has 1 saturated heterocycles. The lowest BCUT2D eigenvalue weighted by Crippen LogP contribution is -2.39. The zero-order valence-corrected chi connectivity index (χ0v) is 16.1. The Hall–Kier alpha value is -2.37. The van der Waals surface area contributed by atoms with E-state index in [0.717, 1.165) is 31.2 Å². The van der Waals surface area contributed by atoms with E-state index in [1.165, 1.54) is 12.8 Å². The monoisotopic (exact) mass is 371 g/mol. The Morgan fingerprint density at radius 2 is 1.93 bits per heavy atom. The number of carbonyl (C=O) groups excluding carboxylic acids is 3. The van der Waals surface area contributed by atoms with E-state index >= 15 is 0 Å². The molecule has 6 heteroatoms. The van der Waals surface area contributed by atoms with Crippen LogP contribution in [0.1, 0.15) is 60.9 Å². The van der Waals surface area contributed by atoms with Gasteiger partial charge in [-0.05, 0) is 56.2 Å². The number of nitrogens with one attached hydrogen (secondary N) is 2. The van der Waals surface area contributed by atoms with E-state index in [1.807, 2.05) is 13.0 Å². The van der Waals surface area contributed by atoms with E-state index in [1.54, 1.807) is 17.0 Å². The summed E-state index contributed by atoms with van der Waals surface area (Å²) in [4.78, 5) is 38.6. The molecule has 27 heavy (non-hydrogen) atoms. The standard InChI is InChI=1S/C21H29N3O3/c1-15-7-10-17(21(27)22-13-16-8-9-16)12-18(15)23-19(25)14-24-11-5-3-2-4-6-20(24)26/h7,10,12,16H,2-6,8-9,11,13-14H2,1H3,(H,22,27)(H,23,25). The third-order valence-electron chi connectivity index (χ3n) is 5.28. The summed E-state index contributed by atoms with van der Waals surface area (Å²) >= 11 is 0. The van der Waals surface area contributed by atoms with Crippen LogP contribution in [0.5, 0.6) is 0 Å². The van der Waals surface area contributed by atoms with Gasteiger partial charge < -0.3 is 15.5 Å². The van der Waals surface area contributed by atoms with Crippen molar-refractivity contribution in [3.63, 3.8) is 0 Å². The molecule has 1 aromatic rings. The first-order chi connectivity index (χ1) is 13.0. The second kappa shape index (κ2) is 9.02. The maximum Gasteiger partial charge on any atom is 0.251 e. The van der Waals surface area contributed by atoms with Crippen molar-refractivity contribution >= 4 is 23.4 Å². The smallest absolute Gasteiger partial charge is 0.251 e. The largest absolute Gasteiger partial charge is 0.352 e. The number of hydrogen-bond acceptors (Lipinski definition) is 3. The molecule has 0 spiro atoms. The SMILES string of the molecule is Cc1ccc(C(=O)NCC2CC2)cc1NC(=O)CN1CCCCCCC1=O. The molecule has 1 aliphatic heterocycles. The van der Waals surface area contributed by atoms with E-state index < -0.39 is 0 Å². The first kappa shape index (κ1) is 19.4. The number of amides is 3. The molecule has 2 fully saturated rings. The van der Waals surface area contributed by atoms with Gasteiger partial charge in [0.25, 0.3) is 5.91 Å². The Morgan fingerprint density at radius 1 is 1.15 bits per heavy atom. The number of carbonyl (C=O) groups is 3. The van der Waals surface area contributed by atoms with Crippen LogP contribution in [-0.2, 0) is 9.59 Å². The Kier molecular flexibility index (Phi) is 6.48. The fraction of sp³-hybridized carbons (Fsp3) is 0.571. The van der Waals surface area contributed by atoms with Gasteiger partial charge in [-0.25, -0.2) is 0 Å². The van der Waals surface area contributed by atoms with Gasteiger partial charge in [-0.15, -0.1) is 0 Å². The molecule has 2 N–H and O–H groups in total. The molecule has 0 bridgehead atoms. The normalized spacial score (nSPS) is 17.8. The zero-order chi connectivity index (χ0) is 19.2. The number of hydrogen-bond donors (Lipinski definition) is 2.